The van der Waals surface area contributed by atoms with Crippen LogP contribution in [0.2, 0.25) is 0 Å². The number of aryl methyl sites for hydroxylation is 1. The van der Waals surface area contributed by atoms with E-state index in [2.05, 4.69) is 11.1 Å². The van der Waals surface area contributed by atoms with Gasteiger partial charge in [0, 0.05) is 38.6 Å². The lowest BCUT2D eigenvalue weighted by molar-refractivity contribution is -0.0499. The van der Waals surface area contributed by atoms with Crippen LogP contribution in [0.4, 0.5) is 0 Å². The molecule has 1 aliphatic heterocycles. The number of nitriles is 1. The predicted octanol–water partition coefficient (Wildman–Crippen LogP) is 1.69. The molecule has 9 nitrogen and oxygen atoms in total. The van der Waals surface area contributed by atoms with Crippen molar-refractivity contribution in [1.29, 1.82) is 5.26 Å². The SMILES string of the molecule is CO[C@@H]1C[C@H](n2cc(C)c(SCCC#N)nc2=O)O[C@@H]1COP(C)(=O)O. The van der Waals surface area contributed by atoms with Gasteiger partial charge in [0.15, 0.2) is 0 Å². The average Bonchev–Trinajstić information content (AvgIpc) is 2.98. The summed E-state index contributed by atoms with van der Waals surface area (Å²) in [6, 6.07) is 2.05. The zero-order valence-corrected chi connectivity index (χ0v) is 16.5. The van der Waals surface area contributed by atoms with Crippen LogP contribution >= 0.6 is 19.4 Å². The highest BCUT2D eigenvalue weighted by Crippen LogP contribution is 2.39. The summed E-state index contributed by atoms with van der Waals surface area (Å²) in [7, 11) is -2.12. The molecule has 4 atom stereocenters. The summed E-state index contributed by atoms with van der Waals surface area (Å²) in [4.78, 5) is 25.7. The molecule has 11 heteroatoms. The molecule has 0 spiro atoms. The first-order valence-electron chi connectivity index (χ1n) is 7.97. The maximum atomic E-state index is 12.4. The molecule has 1 aliphatic rings. The Morgan fingerprint density at radius 2 is 2.35 bits per heavy atom. The van der Waals surface area contributed by atoms with Crippen molar-refractivity contribution in [3.8, 4) is 6.07 Å². The van der Waals surface area contributed by atoms with Crippen LogP contribution in [0, 0.1) is 18.3 Å². The molecule has 0 saturated carbocycles. The molecule has 0 amide bonds. The second kappa shape index (κ2) is 9.13. The van der Waals surface area contributed by atoms with Crippen LogP contribution in [-0.4, -0.2) is 52.8 Å². The predicted molar refractivity (Wildman–Crippen MR) is 95.2 cm³/mol. The fourth-order valence-electron chi connectivity index (χ4n) is 2.58. The number of nitrogens with zero attached hydrogens (tertiary/aromatic N) is 3. The Bertz CT molecular complexity index is 774. The molecule has 1 unspecified atom stereocenters. The third-order valence-corrected chi connectivity index (χ3v) is 5.54. The van der Waals surface area contributed by atoms with Crippen molar-refractivity contribution in [3.63, 3.8) is 0 Å². The lowest BCUT2D eigenvalue weighted by atomic mass is 10.2. The summed E-state index contributed by atoms with van der Waals surface area (Å²) in [5.74, 6) is 0.567. The molecule has 0 aliphatic carbocycles. The number of rotatable bonds is 8. The Morgan fingerprint density at radius 3 is 2.96 bits per heavy atom. The molecule has 2 heterocycles. The normalized spacial score (nSPS) is 25.0. The van der Waals surface area contributed by atoms with E-state index in [1.807, 2.05) is 6.92 Å². The van der Waals surface area contributed by atoms with Crippen LogP contribution in [0.5, 0.6) is 0 Å². The molecule has 0 aromatic carbocycles. The number of hydrogen-bond acceptors (Lipinski definition) is 8. The van der Waals surface area contributed by atoms with E-state index in [0.717, 1.165) is 12.2 Å². The summed E-state index contributed by atoms with van der Waals surface area (Å²) in [5, 5.41) is 9.19. The minimum atomic E-state index is -3.63. The van der Waals surface area contributed by atoms with E-state index in [9.17, 15) is 14.3 Å². The number of thioether (sulfide) groups is 1. The van der Waals surface area contributed by atoms with Gasteiger partial charge in [0.05, 0.1) is 18.8 Å². The van der Waals surface area contributed by atoms with Crippen molar-refractivity contribution in [3.05, 3.63) is 22.2 Å². The van der Waals surface area contributed by atoms with Crippen LogP contribution in [0.1, 0.15) is 24.6 Å². The molecule has 1 saturated heterocycles. The number of aromatic nitrogens is 2. The van der Waals surface area contributed by atoms with Crippen LogP contribution in [-0.2, 0) is 18.6 Å². The molecule has 0 bridgehead atoms. The van der Waals surface area contributed by atoms with Gasteiger partial charge >= 0.3 is 13.3 Å². The molecule has 1 aromatic rings. The van der Waals surface area contributed by atoms with Gasteiger partial charge in [-0.2, -0.15) is 10.2 Å². The lowest BCUT2D eigenvalue weighted by Gasteiger charge is -2.18. The highest BCUT2D eigenvalue weighted by molar-refractivity contribution is 7.99. The van der Waals surface area contributed by atoms with Crippen molar-refractivity contribution >= 4 is 19.4 Å². The van der Waals surface area contributed by atoms with E-state index in [1.165, 1.54) is 23.4 Å². The smallest absolute Gasteiger partial charge is 0.350 e. The highest BCUT2D eigenvalue weighted by Gasteiger charge is 2.38. The Hall–Kier alpha value is -1.21. The fourth-order valence-corrected chi connectivity index (χ4v) is 3.81. The van der Waals surface area contributed by atoms with Gasteiger partial charge in [-0.05, 0) is 12.5 Å². The van der Waals surface area contributed by atoms with Crippen molar-refractivity contribution < 1.29 is 23.5 Å². The lowest BCUT2D eigenvalue weighted by Crippen LogP contribution is -2.29. The van der Waals surface area contributed by atoms with Gasteiger partial charge in [-0.1, -0.05) is 0 Å². The van der Waals surface area contributed by atoms with Crippen molar-refractivity contribution in [2.75, 3.05) is 26.1 Å². The van der Waals surface area contributed by atoms with E-state index in [0.29, 0.717) is 23.6 Å². The van der Waals surface area contributed by atoms with Crippen LogP contribution in [0.3, 0.4) is 0 Å². The third kappa shape index (κ3) is 5.64. The van der Waals surface area contributed by atoms with E-state index in [1.54, 1.807) is 6.20 Å². The van der Waals surface area contributed by atoms with Crippen LogP contribution < -0.4 is 5.69 Å². The summed E-state index contributed by atoms with van der Waals surface area (Å²) >= 11 is 1.36. The average molecular weight is 403 g/mol. The summed E-state index contributed by atoms with van der Waals surface area (Å²) in [6.45, 7) is 2.82. The quantitative estimate of drug-likeness (QED) is 0.299. The van der Waals surface area contributed by atoms with Crippen molar-refractivity contribution in [2.45, 2.75) is 43.2 Å². The van der Waals surface area contributed by atoms with Gasteiger partial charge in [-0.25, -0.2) is 4.79 Å². The first-order chi connectivity index (χ1) is 12.2. The summed E-state index contributed by atoms with van der Waals surface area (Å²) in [5.41, 5.74) is 0.345. The molecular formula is C15H22N3O6PS. The Labute approximate surface area is 155 Å². The van der Waals surface area contributed by atoms with E-state index >= 15 is 0 Å². The first-order valence-corrected chi connectivity index (χ1v) is 11.0. The molecule has 0 radical (unpaired) electrons. The van der Waals surface area contributed by atoms with Crippen molar-refractivity contribution in [1.82, 2.24) is 9.55 Å². The minimum absolute atomic E-state index is 0.109. The van der Waals surface area contributed by atoms with Gasteiger partial charge in [-0.15, -0.1) is 11.8 Å². The van der Waals surface area contributed by atoms with Crippen LogP contribution in [0.25, 0.3) is 0 Å². The molecule has 1 N–H and O–H groups in total. The molecule has 144 valence electrons. The molecule has 26 heavy (non-hydrogen) atoms. The first kappa shape index (κ1) is 21.1. The third-order valence-electron chi connectivity index (χ3n) is 3.81. The van der Waals surface area contributed by atoms with Gasteiger partial charge in [-0.3, -0.25) is 9.13 Å². The summed E-state index contributed by atoms with van der Waals surface area (Å²) < 4.78 is 28.8. The molecule has 1 fully saturated rings. The highest BCUT2D eigenvalue weighted by atomic mass is 32.2. The zero-order chi connectivity index (χ0) is 19.3. The van der Waals surface area contributed by atoms with E-state index in [4.69, 9.17) is 19.3 Å². The fraction of sp³-hybridized carbons (Fsp3) is 0.667. The Kier molecular flexibility index (Phi) is 7.41. The number of ether oxygens (including phenoxy) is 2. The van der Waals surface area contributed by atoms with Gasteiger partial charge in [0.25, 0.3) is 0 Å². The van der Waals surface area contributed by atoms with E-state index < -0.39 is 25.6 Å². The largest absolute Gasteiger partial charge is 0.378 e. The maximum Gasteiger partial charge on any atom is 0.350 e. The van der Waals surface area contributed by atoms with Crippen LogP contribution in [0.15, 0.2) is 16.0 Å². The van der Waals surface area contributed by atoms with Gasteiger partial charge < -0.3 is 18.9 Å². The number of hydrogen-bond donors (Lipinski definition) is 1. The zero-order valence-electron chi connectivity index (χ0n) is 14.8. The second-order valence-corrected chi connectivity index (χ2v) is 8.86. The topological polar surface area (TPSA) is 124 Å². The van der Waals surface area contributed by atoms with E-state index in [-0.39, 0.29) is 12.7 Å². The van der Waals surface area contributed by atoms with Gasteiger partial charge in [0.2, 0.25) is 0 Å². The Balaban J connectivity index is 2.13. The number of methoxy groups -OCH3 is 1. The van der Waals surface area contributed by atoms with Gasteiger partial charge in [0.1, 0.15) is 17.4 Å². The molecule has 2 rings (SSSR count). The standard InChI is InChI=1S/C15H22N3O6PS/c1-10-8-18(15(19)17-14(10)26-6-4-5-16)13-7-11(22-2)12(24-13)9-23-25(3,20)21/h8,11-13H,4,6-7,9H2,1-3H3,(H,20,21)/t11-,12-,13-/m1/s1. The monoisotopic (exact) mass is 403 g/mol. The van der Waals surface area contributed by atoms with Crippen molar-refractivity contribution in [2.24, 2.45) is 0 Å². The summed E-state index contributed by atoms with van der Waals surface area (Å²) in [6.07, 6.45) is 0.906. The minimum Gasteiger partial charge on any atom is -0.378 e. The Morgan fingerprint density at radius 1 is 1.62 bits per heavy atom. The molecular weight excluding hydrogens is 381 g/mol. The molecule has 1 aromatic heterocycles. The maximum absolute atomic E-state index is 12.4. The second-order valence-electron chi connectivity index (χ2n) is 5.91.